The number of amides is 1. The van der Waals surface area contributed by atoms with Crippen molar-refractivity contribution in [1.29, 1.82) is 0 Å². The summed E-state index contributed by atoms with van der Waals surface area (Å²) in [6.45, 7) is 5.87. The van der Waals surface area contributed by atoms with Crippen molar-refractivity contribution in [1.82, 2.24) is 5.32 Å². The van der Waals surface area contributed by atoms with E-state index < -0.39 is 5.41 Å². The predicted octanol–water partition coefficient (Wildman–Crippen LogP) is 3.13. The third-order valence-corrected chi connectivity index (χ3v) is 4.36. The molecule has 1 aliphatic rings. The lowest BCUT2D eigenvalue weighted by atomic mass is 9.84. The first kappa shape index (κ1) is 13.9. The van der Waals surface area contributed by atoms with E-state index in [4.69, 9.17) is 4.42 Å². The molecule has 0 spiro atoms. The molecule has 1 unspecified atom stereocenters. The van der Waals surface area contributed by atoms with Crippen LogP contribution in [0.15, 0.2) is 34.9 Å². The normalized spacial score (nSPS) is 17.4. The first-order valence-electron chi connectivity index (χ1n) is 7.12. The van der Waals surface area contributed by atoms with Crippen molar-refractivity contribution in [3.8, 4) is 0 Å². The Morgan fingerprint density at radius 1 is 1.29 bits per heavy atom. The maximum atomic E-state index is 12.0. The molecule has 0 aliphatic carbocycles. The van der Waals surface area contributed by atoms with Gasteiger partial charge in [-0.2, -0.15) is 0 Å². The Bertz CT molecular complexity index is 701. The molecule has 1 amide bonds. The van der Waals surface area contributed by atoms with E-state index in [1.165, 1.54) is 0 Å². The van der Waals surface area contributed by atoms with Crippen molar-refractivity contribution in [3.05, 3.63) is 53.0 Å². The van der Waals surface area contributed by atoms with E-state index in [-0.39, 0.29) is 11.9 Å². The van der Waals surface area contributed by atoms with Gasteiger partial charge in [0.25, 0.3) is 0 Å². The molecular weight excluding hydrogens is 264 g/mol. The Hall–Kier alpha value is -2.07. The SMILES string of the molecule is CNC(c1ccc2c(c1)C(C)(C)C(=O)N2)c1ccoc1C. The lowest BCUT2D eigenvalue weighted by Gasteiger charge is -2.20. The van der Waals surface area contributed by atoms with Crippen LogP contribution in [-0.4, -0.2) is 13.0 Å². The third kappa shape index (κ3) is 2.07. The van der Waals surface area contributed by atoms with Gasteiger partial charge in [0.1, 0.15) is 5.76 Å². The molecule has 0 fully saturated rings. The second-order valence-electron chi connectivity index (χ2n) is 6.04. The lowest BCUT2D eigenvalue weighted by Crippen LogP contribution is -2.27. The van der Waals surface area contributed by atoms with Crippen LogP contribution in [-0.2, 0) is 10.2 Å². The molecule has 0 saturated heterocycles. The number of furan rings is 1. The fraction of sp³-hybridized carbons (Fsp3) is 0.353. The summed E-state index contributed by atoms with van der Waals surface area (Å²) in [4.78, 5) is 12.0. The molecule has 1 aromatic carbocycles. The Morgan fingerprint density at radius 2 is 2.05 bits per heavy atom. The number of hydrogen-bond donors (Lipinski definition) is 2. The predicted molar refractivity (Wildman–Crippen MR) is 82.4 cm³/mol. The highest BCUT2D eigenvalue weighted by Gasteiger charge is 2.38. The van der Waals surface area contributed by atoms with Crippen LogP contribution in [0.25, 0.3) is 0 Å². The maximum Gasteiger partial charge on any atom is 0.234 e. The summed E-state index contributed by atoms with van der Waals surface area (Å²) in [6, 6.07) is 8.19. The highest BCUT2D eigenvalue weighted by molar-refractivity contribution is 6.05. The number of aryl methyl sites for hydroxylation is 1. The summed E-state index contributed by atoms with van der Waals surface area (Å²) in [6.07, 6.45) is 1.71. The van der Waals surface area contributed by atoms with Gasteiger partial charge < -0.3 is 15.1 Å². The van der Waals surface area contributed by atoms with Gasteiger partial charge in [-0.15, -0.1) is 0 Å². The van der Waals surface area contributed by atoms with Crippen LogP contribution in [0, 0.1) is 6.92 Å². The van der Waals surface area contributed by atoms with E-state index in [2.05, 4.69) is 16.7 Å². The monoisotopic (exact) mass is 284 g/mol. The van der Waals surface area contributed by atoms with Crippen LogP contribution in [0.2, 0.25) is 0 Å². The molecule has 1 aliphatic heterocycles. The van der Waals surface area contributed by atoms with Crippen molar-refractivity contribution in [2.75, 3.05) is 12.4 Å². The molecule has 4 heteroatoms. The van der Waals surface area contributed by atoms with Gasteiger partial charge in [-0.25, -0.2) is 0 Å². The fourth-order valence-electron chi connectivity index (χ4n) is 2.96. The standard InChI is InChI=1S/C17H20N2O2/c1-10-12(7-8-21-10)15(18-4)11-5-6-14-13(9-11)17(2,3)16(20)19-14/h5-9,15,18H,1-4H3,(H,19,20). The van der Waals surface area contributed by atoms with Crippen molar-refractivity contribution in [3.63, 3.8) is 0 Å². The van der Waals surface area contributed by atoms with Crippen molar-refractivity contribution in [2.45, 2.75) is 32.2 Å². The topological polar surface area (TPSA) is 54.3 Å². The number of fused-ring (bicyclic) bond motifs is 1. The number of hydrogen-bond acceptors (Lipinski definition) is 3. The molecular formula is C17H20N2O2. The summed E-state index contributed by atoms with van der Waals surface area (Å²) < 4.78 is 5.41. The molecule has 4 nitrogen and oxygen atoms in total. The van der Waals surface area contributed by atoms with E-state index in [0.29, 0.717) is 0 Å². The summed E-state index contributed by atoms with van der Waals surface area (Å²) in [5.74, 6) is 0.957. The fourth-order valence-corrected chi connectivity index (χ4v) is 2.96. The zero-order valence-corrected chi connectivity index (χ0v) is 12.8. The molecule has 2 aromatic rings. The minimum atomic E-state index is -0.491. The molecule has 21 heavy (non-hydrogen) atoms. The van der Waals surface area contributed by atoms with E-state index in [9.17, 15) is 4.79 Å². The smallest absolute Gasteiger partial charge is 0.234 e. The number of anilines is 1. The lowest BCUT2D eigenvalue weighted by molar-refractivity contribution is -0.119. The van der Waals surface area contributed by atoms with Gasteiger partial charge in [0, 0.05) is 11.3 Å². The largest absolute Gasteiger partial charge is 0.469 e. The van der Waals surface area contributed by atoms with E-state index >= 15 is 0 Å². The number of rotatable bonds is 3. The molecule has 0 bridgehead atoms. The summed E-state index contributed by atoms with van der Waals surface area (Å²) in [5.41, 5.74) is 3.71. The van der Waals surface area contributed by atoms with Gasteiger partial charge in [-0.1, -0.05) is 12.1 Å². The first-order chi connectivity index (χ1) is 9.95. The average Bonchev–Trinajstić information content (AvgIpc) is 2.95. The van der Waals surface area contributed by atoms with Gasteiger partial charge in [0.2, 0.25) is 5.91 Å². The maximum absolute atomic E-state index is 12.0. The minimum absolute atomic E-state index is 0.0511. The van der Waals surface area contributed by atoms with Crippen LogP contribution in [0.5, 0.6) is 0 Å². The molecule has 2 heterocycles. The first-order valence-corrected chi connectivity index (χ1v) is 7.12. The molecule has 3 rings (SSSR count). The van der Waals surface area contributed by atoms with Gasteiger partial charge >= 0.3 is 0 Å². The van der Waals surface area contributed by atoms with E-state index in [1.54, 1.807) is 6.26 Å². The average molecular weight is 284 g/mol. The quantitative estimate of drug-likeness (QED) is 0.910. The Balaban J connectivity index is 2.07. The molecule has 1 atom stereocenters. The van der Waals surface area contributed by atoms with Crippen LogP contribution in [0.1, 0.15) is 42.3 Å². The number of nitrogens with one attached hydrogen (secondary N) is 2. The third-order valence-electron chi connectivity index (χ3n) is 4.36. The van der Waals surface area contributed by atoms with Gasteiger partial charge in [-0.05, 0) is 51.1 Å². The zero-order valence-electron chi connectivity index (χ0n) is 12.8. The molecule has 0 radical (unpaired) electrons. The van der Waals surface area contributed by atoms with Crippen LogP contribution in [0.3, 0.4) is 0 Å². The number of carbonyl (C=O) groups excluding carboxylic acids is 1. The molecule has 1 aromatic heterocycles. The Morgan fingerprint density at radius 3 is 2.67 bits per heavy atom. The summed E-state index contributed by atoms with van der Waals surface area (Å²) >= 11 is 0. The summed E-state index contributed by atoms with van der Waals surface area (Å²) in [5, 5.41) is 6.27. The minimum Gasteiger partial charge on any atom is -0.469 e. The molecule has 110 valence electrons. The van der Waals surface area contributed by atoms with Gasteiger partial charge in [0.15, 0.2) is 0 Å². The van der Waals surface area contributed by atoms with Gasteiger partial charge in [0.05, 0.1) is 17.7 Å². The Kier molecular flexibility index (Phi) is 3.14. The van der Waals surface area contributed by atoms with Crippen LogP contribution >= 0.6 is 0 Å². The van der Waals surface area contributed by atoms with Crippen molar-refractivity contribution in [2.24, 2.45) is 0 Å². The second-order valence-corrected chi connectivity index (χ2v) is 6.04. The number of benzene rings is 1. The summed E-state index contributed by atoms with van der Waals surface area (Å²) in [7, 11) is 1.93. The Labute approximate surface area is 124 Å². The second kappa shape index (κ2) is 4.74. The number of carbonyl (C=O) groups is 1. The van der Waals surface area contributed by atoms with Gasteiger partial charge in [-0.3, -0.25) is 4.79 Å². The highest BCUT2D eigenvalue weighted by Crippen LogP contribution is 2.39. The van der Waals surface area contributed by atoms with Crippen molar-refractivity contribution >= 4 is 11.6 Å². The van der Waals surface area contributed by atoms with Crippen molar-refractivity contribution < 1.29 is 9.21 Å². The van der Waals surface area contributed by atoms with E-state index in [1.807, 2.05) is 46.0 Å². The van der Waals surface area contributed by atoms with Crippen LogP contribution in [0.4, 0.5) is 5.69 Å². The molecule has 2 N–H and O–H groups in total. The highest BCUT2D eigenvalue weighted by atomic mass is 16.3. The molecule has 0 saturated carbocycles. The van der Waals surface area contributed by atoms with Crippen LogP contribution < -0.4 is 10.6 Å². The zero-order chi connectivity index (χ0) is 15.2. The van der Waals surface area contributed by atoms with E-state index in [0.717, 1.165) is 28.1 Å².